The number of aliphatic hydroxyl groups excluding tert-OH is 1. The van der Waals surface area contributed by atoms with Crippen LogP contribution in [0.1, 0.15) is 43.7 Å². The van der Waals surface area contributed by atoms with Crippen LogP contribution in [0.25, 0.3) is 0 Å². The Balaban J connectivity index is 1.94. The van der Waals surface area contributed by atoms with Gasteiger partial charge in [-0.2, -0.15) is 0 Å². The van der Waals surface area contributed by atoms with Gasteiger partial charge in [0, 0.05) is 18.2 Å². The molecule has 0 bridgehead atoms. The van der Waals surface area contributed by atoms with Crippen LogP contribution in [0.3, 0.4) is 0 Å². The number of nitrogens with one attached hydrogen (secondary N) is 1. The maximum absolute atomic E-state index is 9.51. The summed E-state index contributed by atoms with van der Waals surface area (Å²) in [5.41, 5.74) is 2.57. The molecule has 0 spiro atoms. The summed E-state index contributed by atoms with van der Waals surface area (Å²) in [6, 6.07) is 6.93. The van der Waals surface area contributed by atoms with Crippen molar-refractivity contribution in [3.8, 4) is 5.75 Å². The van der Waals surface area contributed by atoms with Crippen LogP contribution in [0.5, 0.6) is 5.75 Å². The number of aliphatic hydroxyl groups is 1. The molecule has 1 aliphatic carbocycles. The van der Waals surface area contributed by atoms with Crippen LogP contribution >= 0.6 is 0 Å². The van der Waals surface area contributed by atoms with E-state index in [9.17, 15) is 5.11 Å². The highest BCUT2D eigenvalue weighted by atomic mass is 16.5. The Morgan fingerprint density at radius 1 is 1.26 bits per heavy atom. The van der Waals surface area contributed by atoms with E-state index in [1.54, 1.807) is 7.11 Å². The molecule has 0 heterocycles. The molecule has 3 nitrogen and oxygen atoms in total. The standard InChI is InChI=1S/C16H25NO2/c1-3-12-4-9-16(19-2)13(10-12)11-17-14-5-7-15(18)8-6-14/h4,9-10,14-15,17-18H,3,5-8,11H2,1-2H3. The van der Waals surface area contributed by atoms with Gasteiger partial charge in [-0.3, -0.25) is 0 Å². The summed E-state index contributed by atoms with van der Waals surface area (Å²) in [5.74, 6) is 0.959. The zero-order chi connectivity index (χ0) is 13.7. The molecule has 1 saturated carbocycles. The van der Waals surface area contributed by atoms with Gasteiger partial charge < -0.3 is 15.2 Å². The molecule has 106 valence electrons. The fourth-order valence-corrected chi connectivity index (χ4v) is 2.72. The Bertz CT molecular complexity index is 398. The Morgan fingerprint density at radius 3 is 2.63 bits per heavy atom. The molecule has 1 aliphatic rings. The maximum atomic E-state index is 9.51. The summed E-state index contributed by atoms with van der Waals surface area (Å²) in [5, 5.41) is 13.1. The number of aryl methyl sites for hydroxylation is 1. The molecular weight excluding hydrogens is 238 g/mol. The molecule has 1 aromatic rings. The van der Waals surface area contributed by atoms with Crippen LogP contribution in [0.2, 0.25) is 0 Å². The Hall–Kier alpha value is -1.06. The summed E-state index contributed by atoms with van der Waals surface area (Å²) in [7, 11) is 1.72. The molecule has 1 fully saturated rings. The highest BCUT2D eigenvalue weighted by molar-refractivity contribution is 5.37. The molecule has 2 N–H and O–H groups in total. The lowest BCUT2D eigenvalue weighted by molar-refractivity contribution is 0.116. The first-order valence-corrected chi connectivity index (χ1v) is 7.30. The van der Waals surface area contributed by atoms with Crippen molar-refractivity contribution in [3.05, 3.63) is 29.3 Å². The predicted molar refractivity (Wildman–Crippen MR) is 77.5 cm³/mol. The van der Waals surface area contributed by atoms with Gasteiger partial charge in [-0.15, -0.1) is 0 Å². The molecule has 0 unspecified atom stereocenters. The van der Waals surface area contributed by atoms with E-state index in [0.717, 1.165) is 44.4 Å². The third-order valence-corrected chi connectivity index (χ3v) is 4.03. The van der Waals surface area contributed by atoms with E-state index in [-0.39, 0.29) is 6.10 Å². The summed E-state index contributed by atoms with van der Waals surface area (Å²) >= 11 is 0. The van der Waals surface area contributed by atoms with Crippen LogP contribution in [0, 0.1) is 0 Å². The topological polar surface area (TPSA) is 41.5 Å². The average molecular weight is 263 g/mol. The smallest absolute Gasteiger partial charge is 0.123 e. The molecule has 0 aromatic heterocycles. The number of ether oxygens (including phenoxy) is 1. The van der Waals surface area contributed by atoms with Gasteiger partial charge in [-0.25, -0.2) is 0 Å². The first-order chi connectivity index (χ1) is 9.22. The van der Waals surface area contributed by atoms with Crippen molar-refractivity contribution in [2.75, 3.05) is 7.11 Å². The van der Waals surface area contributed by atoms with E-state index in [4.69, 9.17) is 4.74 Å². The average Bonchev–Trinajstić information content (AvgIpc) is 2.46. The highest BCUT2D eigenvalue weighted by Gasteiger charge is 2.19. The molecule has 0 atom stereocenters. The Morgan fingerprint density at radius 2 is 2.00 bits per heavy atom. The molecule has 3 heteroatoms. The lowest BCUT2D eigenvalue weighted by Crippen LogP contribution is -2.34. The normalized spacial score (nSPS) is 23.3. The molecule has 2 rings (SSSR count). The number of methoxy groups -OCH3 is 1. The number of benzene rings is 1. The monoisotopic (exact) mass is 263 g/mol. The summed E-state index contributed by atoms with van der Waals surface area (Å²) in [4.78, 5) is 0. The lowest BCUT2D eigenvalue weighted by atomic mass is 9.93. The van der Waals surface area contributed by atoms with E-state index >= 15 is 0 Å². The molecule has 0 radical (unpaired) electrons. The van der Waals surface area contributed by atoms with E-state index in [1.165, 1.54) is 11.1 Å². The fraction of sp³-hybridized carbons (Fsp3) is 0.625. The van der Waals surface area contributed by atoms with E-state index in [2.05, 4.69) is 30.4 Å². The zero-order valence-corrected chi connectivity index (χ0v) is 12.0. The van der Waals surface area contributed by atoms with E-state index in [0.29, 0.717) is 6.04 Å². The SMILES string of the molecule is CCc1ccc(OC)c(CNC2CCC(O)CC2)c1. The first kappa shape index (κ1) is 14.4. The second-order valence-corrected chi connectivity index (χ2v) is 5.39. The van der Waals surface area contributed by atoms with Gasteiger partial charge in [0.25, 0.3) is 0 Å². The van der Waals surface area contributed by atoms with Crippen molar-refractivity contribution in [1.29, 1.82) is 0 Å². The fourth-order valence-electron chi connectivity index (χ4n) is 2.72. The van der Waals surface area contributed by atoms with Gasteiger partial charge in [0.15, 0.2) is 0 Å². The van der Waals surface area contributed by atoms with Crippen LogP contribution in [-0.2, 0) is 13.0 Å². The van der Waals surface area contributed by atoms with Gasteiger partial charge >= 0.3 is 0 Å². The first-order valence-electron chi connectivity index (χ1n) is 7.30. The Labute approximate surface area is 116 Å². The van der Waals surface area contributed by atoms with E-state index in [1.807, 2.05) is 0 Å². The van der Waals surface area contributed by atoms with Gasteiger partial charge in [-0.1, -0.05) is 19.1 Å². The lowest BCUT2D eigenvalue weighted by Gasteiger charge is -2.26. The van der Waals surface area contributed by atoms with Crippen molar-refractivity contribution < 1.29 is 9.84 Å². The third-order valence-electron chi connectivity index (χ3n) is 4.03. The van der Waals surface area contributed by atoms with Crippen LogP contribution in [0.15, 0.2) is 18.2 Å². The maximum Gasteiger partial charge on any atom is 0.123 e. The largest absolute Gasteiger partial charge is 0.496 e. The van der Waals surface area contributed by atoms with Crippen molar-refractivity contribution in [2.24, 2.45) is 0 Å². The number of hydrogen-bond acceptors (Lipinski definition) is 3. The van der Waals surface area contributed by atoms with Crippen LogP contribution < -0.4 is 10.1 Å². The van der Waals surface area contributed by atoms with Crippen molar-refractivity contribution in [2.45, 2.75) is 57.7 Å². The second-order valence-electron chi connectivity index (χ2n) is 5.39. The minimum atomic E-state index is -0.0870. The van der Waals surface area contributed by atoms with Gasteiger partial charge in [0.2, 0.25) is 0 Å². The third kappa shape index (κ3) is 3.95. The van der Waals surface area contributed by atoms with Gasteiger partial charge in [0.1, 0.15) is 5.75 Å². The van der Waals surface area contributed by atoms with Gasteiger partial charge in [-0.05, 0) is 43.7 Å². The van der Waals surface area contributed by atoms with Crippen molar-refractivity contribution in [3.63, 3.8) is 0 Å². The minimum Gasteiger partial charge on any atom is -0.496 e. The summed E-state index contributed by atoms with van der Waals surface area (Å²) < 4.78 is 5.42. The van der Waals surface area contributed by atoms with Gasteiger partial charge in [0.05, 0.1) is 13.2 Å². The minimum absolute atomic E-state index is 0.0870. The Kier molecular flexibility index (Phi) is 5.23. The highest BCUT2D eigenvalue weighted by Crippen LogP contribution is 2.22. The molecule has 19 heavy (non-hydrogen) atoms. The molecule has 0 saturated heterocycles. The molecule has 0 aliphatic heterocycles. The zero-order valence-electron chi connectivity index (χ0n) is 12.0. The molecule has 0 amide bonds. The van der Waals surface area contributed by atoms with E-state index < -0.39 is 0 Å². The summed E-state index contributed by atoms with van der Waals surface area (Å²) in [6.45, 7) is 3.01. The molecular formula is C16H25NO2. The van der Waals surface area contributed by atoms with Crippen LogP contribution in [0.4, 0.5) is 0 Å². The van der Waals surface area contributed by atoms with Crippen LogP contribution in [-0.4, -0.2) is 24.4 Å². The molecule has 1 aromatic carbocycles. The number of hydrogen-bond donors (Lipinski definition) is 2. The quantitative estimate of drug-likeness (QED) is 0.858. The number of rotatable bonds is 5. The summed E-state index contributed by atoms with van der Waals surface area (Å²) in [6.07, 6.45) is 4.93. The predicted octanol–water partition coefficient (Wildman–Crippen LogP) is 2.65. The second kappa shape index (κ2) is 6.92. The van der Waals surface area contributed by atoms with Crippen molar-refractivity contribution in [1.82, 2.24) is 5.32 Å². The van der Waals surface area contributed by atoms with Crippen molar-refractivity contribution >= 4 is 0 Å².